The van der Waals surface area contributed by atoms with Crippen LogP contribution in [-0.4, -0.2) is 83.4 Å². The monoisotopic (exact) mass is 611 g/mol. The number of benzene rings is 3. The predicted octanol–water partition coefficient (Wildman–Crippen LogP) is 5.56. The highest BCUT2D eigenvalue weighted by atomic mass is 32.2. The smallest absolute Gasteiger partial charge is 0.261 e. The van der Waals surface area contributed by atoms with E-state index in [1.807, 2.05) is 17.8 Å². The molecule has 0 unspecified atom stereocenters. The molecule has 3 aromatic rings. The Morgan fingerprint density at radius 1 is 0.636 bits per heavy atom. The molecule has 0 atom stereocenters. The highest BCUT2D eigenvalue weighted by molar-refractivity contribution is 7.99. The Morgan fingerprint density at radius 2 is 1.16 bits per heavy atom. The molecule has 6 rings (SSSR count). The van der Waals surface area contributed by atoms with E-state index in [0.717, 1.165) is 50.4 Å². The molecule has 0 fully saturated rings. The van der Waals surface area contributed by atoms with Gasteiger partial charge in [0.25, 0.3) is 23.6 Å². The zero-order chi connectivity index (χ0) is 30.5. The molecule has 0 spiro atoms. The lowest BCUT2D eigenvalue weighted by atomic mass is 10.1. The molecule has 0 aliphatic carbocycles. The lowest BCUT2D eigenvalue weighted by Crippen LogP contribution is -2.34. The van der Waals surface area contributed by atoms with E-state index in [-0.39, 0.29) is 23.6 Å². The maximum absolute atomic E-state index is 12.7. The van der Waals surface area contributed by atoms with Crippen LogP contribution in [0.3, 0.4) is 0 Å². The molecule has 4 amide bonds. The molecule has 8 nitrogen and oxygen atoms in total. The summed E-state index contributed by atoms with van der Waals surface area (Å²) in [5, 5.41) is 0. The first kappa shape index (κ1) is 30.1. The van der Waals surface area contributed by atoms with E-state index in [4.69, 9.17) is 4.74 Å². The van der Waals surface area contributed by atoms with Crippen LogP contribution in [-0.2, 0) is 6.42 Å². The molecule has 3 aliphatic rings. The first-order valence-corrected chi connectivity index (χ1v) is 16.5. The quantitative estimate of drug-likeness (QED) is 0.174. The van der Waals surface area contributed by atoms with Crippen molar-refractivity contribution in [2.24, 2.45) is 0 Å². The summed E-state index contributed by atoms with van der Waals surface area (Å²) in [6.07, 6.45) is 5.34. The van der Waals surface area contributed by atoms with Gasteiger partial charge < -0.3 is 4.74 Å². The number of ether oxygens (including phenoxy) is 1. The van der Waals surface area contributed by atoms with Crippen LogP contribution >= 0.6 is 11.8 Å². The average molecular weight is 612 g/mol. The second kappa shape index (κ2) is 13.8. The minimum absolute atomic E-state index is 0.215. The molecule has 0 radical (unpaired) electrons. The fourth-order valence-corrected chi connectivity index (χ4v) is 7.31. The Balaban J connectivity index is 1.01. The Hall–Kier alpha value is -3.95. The van der Waals surface area contributed by atoms with Gasteiger partial charge in [0.05, 0.1) is 27.1 Å². The van der Waals surface area contributed by atoms with Crippen LogP contribution in [0, 0.1) is 0 Å². The Morgan fingerprint density at radius 3 is 1.68 bits per heavy atom. The number of imide groups is 2. The SMILES string of the molecule is O=C1c2ccccc2C(=O)N1CCCCN(CCCCN1C(=O)c2ccccc2C1=O)CCOc1cccc2c1SCCC2. The van der Waals surface area contributed by atoms with Crippen LogP contribution < -0.4 is 4.74 Å². The number of carbonyl (C=O) groups excluding carboxylic acids is 4. The second-order valence-corrected chi connectivity index (χ2v) is 12.5. The van der Waals surface area contributed by atoms with E-state index in [9.17, 15) is 19.2 Å². The maximum Gasteiger partial charge on any atom is 0.261 e. The molecule has 0 saturated carbocycles. The molecule has 0 bridgehead atoms. The minimum Gasteiger partial charge on any atom is -0.491 e. The fraction of sp³-hybridized carbons (Fsp3) is 0.371. The number of thioether (sulfide) groups is 1. The number of fused-ring (bicyclic) bond motifs is 3. The molecule has 0 N–H and O–H groups in total. The first-order valence-electron chi connectivity index (χ1n) is 15.5. The molecular weight excluding hydrogens is 574 g/mol. The third-order valence-electron chi connectivity index (χ3n) is 8.53. The standard InChI is InChI=1S/C35H37N3O5S/c39-32-26-13-1-2-14-27(26)33(40)37(32)20-7-5-18-36(22-23-43-30-17-9-11-25-12-10-24-44-31(25)30)19-6-8-21-38-34(41)28-15-3-4-16-29(28)35(38)42/h1-4,9,11,13-17H,5-8,10,12,18-24H2. The van der Waals surface area contributed by atoms with E-state index >= 15 is 0 Å². The zero-order valence-corrected chi connectivity index (χ0v) is 25.7. The summed E-state index contributed by atoms with van der Waals surface area (Å²) in [6, 6.07) is 20.3. The van der Waals surface area contributed by atoms with Gasteiger partial charge in [-0.25, -0.2) is 0 Å². The van der Waals surface area contributed by atoms with Gasteiger partial charge in [-0.15, -0.1) is 11.8 Å². The summed E-state index contributed by atoms with van der Waals surface area (Å²) in [5.74, 6) is 1.20. The topological polar surface area (TPSA) is 87.2 Å². The van der Waals surface area contributed by atoms with Gasteiger partial charge in [0.15, 0.2) is 0 Å². The first-order chi connectivity index (χ1) is 21.5. The third-order valence-corrected chi connectivity index (χ3v) is 9.78. The van der Waals surface area contributed by atoms with Crippen molar-refractivity contribution in [3.05, 3.63) is 94.5 Å². The zero-order valence-electron chi connectivity index (χ0n) is 24.8. The van der Waals surface area contributed by atoms with Crippen molar-refractivity contribution in [3.8, 4) is 5.75 Å². The van der Waals surface area contributed by atoms with Gasteiger partial charge in [0.1, 0.15) is 12.4 Å². The molecule has 0 saturated heterocycles. The van der Waals surface area contributed by atoms with Crippen molar-refractivity contribution in [1.29, 1.82) is 0 Å². The van der Waals surface area contributed by atoms with Crippen molar-refractivity contribution < 1.29 is 23.9 Å². The van der Waals surface area contributed by atoms with Crippen LogP contribution in [0.5, 0.6) is 5.75 Å². The maximum atomic E-state index is 12.7. The van der Waals surface area contributed by atoms with E-state index in [2.05, 4.69) is 17.0 Å². The van der Waals surface area contributed by atoms with Crippen molar-refractivity contribution in [1.82, 2.24) is 14.7 Å². The van der Waals surface area contributed by atoms with Crippen LogP contribution in [0.1, 0.15) is 79.1 Å². The Bertz CT molecular complexity index is 1420. The average Bonchev–Trinajstić information content (AvgIpc) is 3.45. The molecular formula is C35H37N3O5S. The van der Waals surface area contributed by atoms with E-state index in [1.165, 1.54) is 26.7 Å². The van der Waals surface area contributed by atoms with Crippen LogP contribution in [0.2, 0.25) is 0 Å². The molecule has 3 aliphatic heterocycles. The number of unbranched alkanes of at least 4 members (excludes halogenated alkanes) is 2. The molecule has 3 heterocycles. The Kier molecular flexibility index (Phi) is 9.43. The van der Waals surface area contributed by atoms with Crippen LogP contribution in [0.4, 0.5) is 0 Å². The molecule has 44 heavy (non-hydrogen) atoms. The summed E-state index contributed by atoms with van der Waals surface area (Å²) in [6.45, 7) is 3.65. The van der Waals surface area contributed by atoms with E-state index < -0.39 is 0 Å². The number of hydrogen-bond donors (Lipinski definition) is 0. The van der Waals surface area contributed by atoms with Crippen LogP contribution in [0.15, 0.2) is 71.6 Å². The number of amides is 4. The summed E-state index contributed by atoms with van der Waals surface area (Å²) < 4.78 is 6.28. The lowest BCUT2D eigenvalue weighted by Gasteiger charge is -2.24. The summed E-state index contributed by atoms with van der Waals surface area (Å²) in [5.41, 5.74) is 3.29. The van der Waals surface area contributed by atoms with Crippen molar-refractivity contribution in [2.75, 3.05) is 45.1 Å². The van der Waals surface area contributed by atoms with Gasteiger partial charge in [-0.3, -0.25) is 33.9 Å². The molecule has 0 aromatic heterocycles. The van der Waals surface area contributed by atoms with E-state index in [0.29, 0.717) is 54.8 Å². The molecule has 228 valence electrons. The minimum atomic E-state index is -0.215. The van der Waals surface area contributed by atoms with Gasteiger partial charge >= 0.3 is 0 Å². The van der Waals surface area contributed by atoms with Gasteiger partial charge in [-0.05, 0) is 93.3 Å². The summed E-state index contributed by atoms with van der Waals surface area (Å²) >= 11 is 1.87. The Labute approximate surface area is 262 Å². The number of carbonyl (C=O) groups is 4. The largest absolute Gasteiger partial charge is 0.491 e. The van der Waals surface area contributed by atoms with Gasteiger partial charge in [-0.2, -0.15) is 0 Å². The number of nitrogens with zero attached hydrogens (tertiary/aromatic N) is 3. The van der Waals surface area contributed by atoms with Gasteiger partial charge in [0.2, 0.25) is 0 Å². The van der Waals surface area contributed by atoms with Crippen molar-refractivity contribution in [3.63, 3.8) is 0 Å². The summed E-state index contributed by atoms with van der Waals surface area (Å²) in [4.78, 5) is 57.3. The van der Waals surface area contributed by atoms with Crippen molar-refractivity contribution in [2.45, 2.75) is 43.4 Å². The molecule has 3 aromatic carbocycles. The summed E-state index contributed by atoms with van der Waals surface area (Å²) in [7, 11) is 0. The highest BCUT2D eigenvalue weighted by Crippen LogP contribution is 2.37. The normalized spacial score (nSPS) is 15.7. The molecule has 9 heteroatoms. The van der Waals surface area contributed by atoms with E-state index in [1.54, 1.807) is 48.5 Å². The van der Waals surface area contributed by atoms with Gasteiger partial charge in [-0.1, -0.05) is 36.4 Å². The number of rotatable bonds is 14. The second-order valence-electron chi connectivity index (χ2n) is 11.4. The van der Waals surface area contributed by atoms with Gasteiger partial charge in [0, 0.05) is 19.6 Å². The number of aryl methyl sites for hydroxylation is 1. The fourth-order valence-electron chi connectivity index (χ4n) is 6.19. The number of hydrogen-bond acceptors (Lipinski definition) is 7. The highest BCUT2D eigenvalue weighted by Gasteiger charge is 2.35. The third kappa shape index (κ3) is 6.30. The van der Waals surface area contributed by atoms with Crippen molar-refractivity contribution >= 4 is 35.4 Å². The van der Waals surface area contributed by atoms with Crippen LogP contribution in [0.25, 0.3) is 0 Å². The lowest BCUT2D eigenvalue weighted by molar-refractivity contribution is 0.0637. The predicted molar refractivity (Wildman–Crippen MR) is 170 cm³/mol.